The molecule has 2 heterocycles. The van der Waals surface area contributed by atoms with E-state index >= 15 is 0 Å². The molecule has 0 bridgehead atoms. The number of carbonyl (C=O) groups excluding carboxylic acids is 1. The predicted octanol–water partition coefficient (Wildman–Crippen LogP) is 3.95. The van der Waals surface area contributed by atoms with Crippen LogP contribution in [0.3, 0.4) is 0 Å². The van der Waals surface area contributed by atoms with Gasteiger partial charge < -0.3 is 19.7 Å². The Morgan fingerprint density at radius 1 is 1.26 bits per heavy atom. The van der Waals surface area contributed by atoms with Crippen molar-refractivity contribution in [2.45, 2.75) is 20.0 Å². The Bertz CT molecular complexity index is 937. The molecule has 3 aromatic rings. The maximum Gasteiger partial charge on any atom is 0.412 e. The highest BCUT2D eigenvalue weighted by molar-refractivity contribution is 5.90. The average molecular weight is 368 g/mol. The van der Waals surface area contributed by atoms with E-state index in [2.05, 4.69) is 15.5 Å². The van der Waals surface area contributed by atoms with Gasteiger partial charge in [0.05, 0.1) is 19.0 Å². The van der Waals surface area contributed by atoms with Gasteiger partial charge in [-0.05, 0) is 32.0 Å². The summed E-state index contributed by atoms with van der Waals surface area (Å²) >= 11 is 0. The maximum absolute atomic E-state index is 12.4. The number of methoxy groups -OCH3 is 1. The maximum atomic E-state index is 12.4. The van der Waals surface area contributed by atoms with Crippen LogP contribution in [0.15, 0.2) is 47.1 Å². The Balaban J connectivity index is 1.77. The van der Waals surface area contributed by atoms with Crippen LogP contribution >= 0.6 is 0 Å². The lowest BCUT2D eigenvalue weighted by Gasteiger charge is -2.16. The molecule has 0 aliphatic heterocycles. The van der Waals surface area contributed by atoms with Crippen LogP contribution in [0.25, 0.3) is 11.5 Å². The van der Waals surface area contributed by atoms with E-state index in [1.165, 1.54) is 6.20 Å². The normalized spacial score (nSPS) is 11.7. The molecule has 1 aromatic carbocycles. The number of nitrogens with two attached hydrogens (primary N) is 1. The molecule has 0 spiro atoms. The number of aromatic nitrogens is 2. The summed E-state index contributed by atoms with van der Waals surface area (Å²) in [6.45, 7) is 3.48. The number of amides is 1. The second kappa shape index (κ2) is 7.77. The van der Waals surface area contributed by atoms with Crippen molar-refractivity contribution < 1.29 is 18.8 Å². The molecular weight excluding hydrogens is 348 g/mol. The predicted molar refractivity (Wildman–Crippen MR) is 100 cm³/mol. The highest BCUT2D eigenvalue weighted by atomic mass is 16.6. The number of hydrogen-bond acceptors (Lipinski definition) is 7. The number of hydrogen-bond donors (Lipinski definition) is 2. The Hall–Kier alpha value is -3.55. The van der Waals surface area contributed by atoms with Gasteiger partial charge in [0.1, 0.15) is 28.9 Å². The molecule has 0 aliphatic rings. The van der Waals surface area contributed by atoms with Gasteiger partial charge in [0.25, 0.3) is 0 Å². The summed E-state index contributed by atoms with van der Waals surface area (Å²) in [7, 11) is 1.57. The third-order valence-corrected chi connectivity index (χ3v) is 3.97. The van der Waals surface area contributed by atoms with Crippen LogP contribution in [0, 0.1) is 6.92 Å². The molecule has 140 valence electrons. The van der Waals surface area contributed by atoms with Crippen LogP contribution in [-0.2, 0) is 4.74 Å². The van der Waals surface area contributed by atoms with Gasteiger partial charge in [-0.25, -0.2) is 4.79 Å². The second-order valence-corrected chi connectivity index (χ2v) is 5.86. The van der Waals surface area contributed by atoms with Crippen molar-refractivity contribution in [3.63, 3.8) is 0 Å². The molecule has 0 saturated carbocycles. The van der Waals surface area contributed by atoms with Gasteiger partial charge in [-0.1, -0.05) is 23.4 Å². The van der Waals surface area contributed by atoms with Crippen LogP contribution in [0.4, 0.5) is 16.2 Å². The van der Waals surface area contributed by atoms with E-state index in [9.17, 15) is 4.79 Å². The van der Waals surface area contributed by atoms with E-state index in [1.807, 2.05) is 24.3 Å². The highest BCUT2D eigenvalue weighted by Gasteiger charge is 2.21. The zero-order valence-corrected chi connectivity index (χ0v) is 15.2. The first kappa shape index (κ1) is 18.2. The Morgan fingerprint density at radius 3 is 2.74 bits per heavy atom. The van der Waals surface area contributed by atoms with E-state index in [4.69, 9.17) is 19.7 Å². The molecule has 3 N–H and O–H groups in total. The number of ether oxygens (including phenoxy) is 2. The molecule has 3 rings (SSSR count). The van der Waals surface area contributed by atoms with Gasteiger partial charge >= 0.3 is 6.09 Å². The molecule has 2 aromatic heterocycles. The van der Waals surface area contributed by atoms with E-state index in [0.717, 1.165) is 5.56 Å². The summed E-state index contributed by atoms with van der Waals surface area (Å²) < 4.78 is 16.1. The van der Waals surface area contributed by atoms with Crippen LogP contribution in [0.2, 0.25) is 0 Å². The van der Waals surface area contributed by atoms with Crippen molar-refractivity contribution >= 4 is 17.5 Å². The number of aryl methyl sites for hydroxylation is 1. The minimum Gasteiger partial charge on any atom is -0.496 e. The lowest BCUT2D eigenvalue weighted by Crippen LogP contribution is -2.17. The fourth-order valence-electron chi connectivity index (χ4n) is 2.59. The SMILES string of the molecule is COc1ccccc1[C@@H](C)OC(=O)Nc1c(C)noc1-c1ccc(N)cn1. The van der Waals surface area contributed by atoms with Crippen molar-refractivity contribution in [1.82, 2.24) is 10.1 Å². The number of anilines is 2. The molecule has 8 nitrogen and oxygen atoms in total. The van der Waals surface area contributed by atoms with Gasteiger partial charge in [0.15, 0.2) is 0 Å². The number of benzene rings is 1. The molecule has 0 saturated heterocycles. The smallest absolute Gasteiger partial charge is 0.412 e. The molecule has 27 heavy (non-hydrogen) atoms. The number of pyridine rings is 1. The van der Waals surface area contributed by atoms with Gasteiger partial charge in [-0.3, -0.25) is 10.3 Å². The van der Waals surface area contributed by atoms with Gasteiger partial charge in [0, 0.05) is 5.56 Å². The number of rotatable bonds is 5. The largest absolute Gasteiger partial charge is 0.496 e. The zero-order valence-electron chi connectivity index (χ0n) is 15.2. The van der Waals surface area contributed by atoms with Gasteiger partial charge in [-0.15, -0.1) is 0 Å². The first-order chi connectivity index (χ1) is 13.0. The summed E-state index contributed by atoms with van der Waals surface area (Å²) in [5.74, 6) is 0.972. The van der Waals surface area contributed by atoms with Crippen molar-refractivity contribution in [1.29, 1.82) is 0 Å². The summed E-state index contributed by atoms with van der Waals surface area (Å²) in [6.07, 6.45) is 0.342. The Morgan fingerprint density at radius 2 is 2.04 bits per heavy atom. The third kappa shape index (κ3) is 4.00. The zero-order chi connectivity index (χ0) is 19.4. The second-order valence-electron chi connectivity index (χ2n) is 5.86. The number of para-hydroxylation sites is 1. The number of carbonyl (C=O) groups is 1. The molecule has 0 aliphatic carbocycles. The standard InChI is InChI=1S/C19H20N4O4/c1-11-17(18(27-23-11)15-9-8-13(20)10-21-15)22-19(24)26-12(2)14-6-4-5-7-16(14)25-3/h4-10,12H,20H2,1-3H3,(H,22,24)/t12-/m1/s1. The summed E-state index contributed by atoms with van der Waals surface area (Å²) in [6, 6.07) is 10.7. The van der Waals surface area contributed by atoms with Crippen LogP contribution in [0.5, 0.6) is 5.75 Å². The van der Waals surface area contributed by atoms with E-state index in [0.29, 0.717) is 34.3 Å². The molecular formula is C19H20N4O4. The topological polar surface area (TPSA) is 112 Å². The van der Waals surface area contributed by atoms with Crippen LogP contribution in [0.1, 0.15) is 24.3 Å². The minimum absolute atomic E-state index is 0.328. The van der Waals surface area contributed by atoms with Gasteiger partial charge in [-0.2, -0.15) is 0 Å². The monoisotopic (exact) mass is 368 g/mol. The van der Waals surface area contributed by atoms with Crippen molar-refractivity contribution in [3.05, 3.63) is 53.9 Å². The van der Waals surface area contributed by atoms with E-state index in [-0.39, 0.29) is 0 Å². The average Bonchev–Trinajstić information content (AvgIpc) is 3.02. The molecule has 0 fully saturated rings. The summed E-state index contributed by atoms with van der Waals surface area (Å²) in [4.78, 5) is 16.6. The molecule has 0 unspecified atom stereocenters. The fourth-order valence-corrected chi connectivity index (χ4v) is 2.59. The summed E-state index contributed by atoms with van der Waals surface area (Å²) in [5.41, 5.74) is 8.33. The third-order valence-electron chi connectivity index (χ3n) is 3.97. The van der Waals surface area contributed by atoms with Crippen molar-refractivity contribution in [2.24, 2.45) is 0 Å². The molecule has 1 amide bonds. The van der Waals surface area contributed by atoms with Crippen LogP contribution in [-0.4, -0.2) is 23.3 Å². The first-order valence-electron chi connectivity index (χ1n) is 8.28. The van der Waals surface area contributed by atoms with E-state index in [1.54, 1.807) is 33.1 Å². The number of nitrogens with one attached hydrogen (secondary N) is 1. The molecule has 8 heteroatoms. The highest BCUT2D eigenvalue weighted by Crippen LogP contribution is 2.31. The minimum atomic E-state index is -0.642. The molecule has 1 atom stereocenters. The van der Waals surface area contributed by atoms with Crippen molar-refractivity contribution in [3.8, 4) is 17.2 Å². The quantitative estimate of drug-likeness (QED) is 0.701. The number of nitrogen functional groups attached to an aromatic ring is 1. The Kier molecular flexibility index (Phi) is 5.25. The fraction of sp³-hybridized carbons (Fsp3) is 0.211. The van der Waals surface area contributed by atoms with Crippen LogP contribution < -0.4 is 15.8 Å². The lowest BCUT2D eigenvalue weighted by molar-refractivity contribution is 0.119. The number of nitrogens with zero attached hydrogens (tertiary/aromatic N) is 2. The van der Waals surface area contributed by atoms with Gasteiger partial charge in [0.2, 0.25) is 5.76 Å². The summed E-state index contributed by atoms with van der Waals surface area (Å²) in [5, 5.41) is 6.58. The first-order valence-corrected chi connectivity index (χ1v) is 8.28. The molecule has 0 radical (unpaired) electrons. The van der Waals surface area contributed by atoms with E-state index < -0.39 is 12.2 Å². The Labute approximate surface area is 156 Å². The lowest BCUT2D eigenvalue weighted by atomic mass is 10.1. The van der Waals surface area contributed by atoms with Crippen molar-refractivity contribution in [2.75, 3.05) is 18.2 Å².